The average molecular weight is 973 g/mol. The first-order chi connectivity index (χ1) is 33.5. The predicted octanol–water partition coefficient (Wildman–Crippen LogP) is 11.1. The Morgan fingerprint density at radius 2 is 1.00 bits per heavy atom. The number of benzene rings is 1. The average Bonchev–Trinajstić information content (AvgIpc) is 3.35. The highest BCUT2D eigenvalue weighted by atomic mass is 16.6. The third-order valence-corrected chi connectivity index (χ3v) is 13.8. The lowest BCUT2D eigenvalue weighted by atomic mass is 9.94. The summed E-state index contributed by atoms with van der Waals surface area (Å²) in [6.07, 6.45) is 31.7. The first-order valence-electron chi connectivity index (χ1n) is 28.0. The van der Waals surface area contributed by atoms with Gasteiger partial charge in [0.2, 0.25) is 17.7 Å². The van der Waals surface area contributed by atoms with Gasteiger partial charge in [0.25, 0.3) is 0 Å². The first-order valence-corrected chi connectivity index (χ1v) is 28.0. The lowest BCUT2D eigenvalue weighted by molar-refractivity contribution is -0.231. The van der Waals surface area contributed by atoms with Gasteiger partial charge in [-0.25, -0.2) is 4.79 Å². The molecule has 0 spiro atoms. The van der Waals surface area contributed by atoms with Gasteiger partial charge in [-0.05, 0) is 32.3 Å². The van der Waals surface area contributed by atoms with E-state index >= 15 is 0 Å². The normalized spacial score (nSPS) is 18.9. The Balaban J connectivity index is 1.96. The van der Waals surface area contributed by atoms with Gasteiger partial charge in [-0.2, -0.15) is 0 Å². The minimum absolute atomic E-state index is 0.0221. The third-order valence-electron chi connectivity index (χ3n) is 13.8. The molecule has 13 nitrogen and oxygen atoms in total. The van der Waals surface area contributed by atoms with Crippen molar-refractivity contribution in [3.63, 3.8) is 0 Å². The van der Waals surface area contributed by atoms with Crippen LogP contribution in [-0.2, 0) is 30.5 Å². The van der Waals surface area contributed by atoms with Crippen LogP contribution in [0.3, 0.4) is 0 Å². The summed E-state index contributed by atoms with van der Waals surface area (Å²) in [5, 5.41) is 40.4. The van der Waals surface area contributed by atoms with Crippen LogP contribution in [0.4, 0.5) is 4.79 Å². The zero-order chi connectivity index (χ0) is 50.3. The monoisotopic (exact) mass is 973 g/mol. The quantitative estimate of drug-likeness (QED) is 0.0347. The molecule has 1 aromatic rings. The van der Waals surface area contributed by atoms with Gasteiger partial charge in [0.1, 0.15) is 43.0 Å². The second-order valence-corrected chi connectivity index (χ2v) is 20.0. The Labute approximate surface area is 418 Å². The highest BCUT2D eigenvalue weighted by Crippen LogP contribution is 2.26. The lowest BCUT2D eigenvalue weighted by Crippen LogP contribution is -2.70. The number of nitrogens with one attached hydrogen (secondary N) is 3. The second-order valence-electron chi connectivity index (χ2n) is 20.0. The van der Waals surface area contributed by atoms with Crippen molar-refractivity contribution in [3.05, 3.63) is 35.9 Å². The number of amides is 4. The van der Waals surface area contributed by atoms with Crippen molar-refractivity contribution in [1.29, 1.82) is 0 Å². The van der Waals surface area contributed by atoms with Crippen LogP contribution in [0.2, 0.25) is 0 Å². The van der Waals surface area contributed by atoms with Crippen molar-refractivity contribution in [2.75, 3.05) is 13.2 Å². The van der Waals surface area contributed by atoms with Gasteiger partial charge in [0.15, 0.2) is 6.23 Å². The van der Waals surface area contributed by atoms with Crippen molar-refractivity contribution in [2.24, 2.45) is 0 Å². The van der Waals surface area contributed by atoms with Crippen LogP contribution in [0.25, 0.3) is 0 Å². The molecule has 13 heteroatoms. The van der Waals surface area contributed by atoms with E-state index in [0.717, 1.165) is 44.1 Å². The fourth-order valence-corrected chi connectivity index (χ4v) is 9.24. The molecule has 1 saturated heterocycles. The maximum absolute atomic E-state index is 14.2. The molecular weight excluding hydrogens is 873 g/mol. The van der Waals surface area contributed by atoms with Crippen molar-refractivity contribution in [3.8, 4) is 0 Å². The summed E-state index contributed by atoms with van der Waals surface area (Å²) < 4.78 is 11.4. The highest BCUT2D eigenvalue weighted by Gasteiger charge is 2.48. The largest absolute Gasteiger partial charge is 0.445 e. The number of aliphatic hydroxyl groups excluding tert-OH is 3. The molecule has 0 saturated carbocycles. The predicted molar refractivity (Wildman–Crippen MR) is 277 cm³/mol. The summed E-state index contributed by atoms with van der Waals surface area (Å²) in [6, 6.07) is 5.68. The molecule has 69 heavy (non-hydrogen) atoms. The van der Waals surface area contributed by atoms with Crippen LogP contribution < -0.4 is 16.0 Å². The van der Waals surface area contributed by atoms with Crippen molar-refractivity contribution >= 4 is 23.8 Å². The number of ether oxygens (including phenoxy) is 2. The zero-order valence-electron chi connectivity index (χ0n) is 43.9. The summed E-state index contributed by atoms with van der Waals surface area (Å²) in [5.74, 6) is -1.50. The second kappa shape index (κ2) is 40.3. The summed E-state index contributed by atoms with van der Waals surface area (Å²) in [6.45, 7) is 7.19. The van der Waals surface area contributed by atoms with E-state index in [1.54, 1.807) is 4.90 Å². The van der Waals surface area contributed by atoms with E-state index in [9.17, 15) is 34.5 Å². The number of hydrogen-bond donors (Lipinski definition) is 6. The van der Waals surface area contributed by atoms with Gasteiger partial charge >= 0.3 is 6.09 Å². The van der Waals surface area contributed by atoms with Gasteiger partial charge in [-0.3, -0.25) is 14.4 Å². The summed E-state index contributed by atoms with van der Waals surface area (Å²) in [4.78, 5) is 54.9. The Kier molecular flexibility index (Phi) is 36.2. The molecule has 7 atom stereocenters. The fourth-order valence-electron chi connectivity index (χ4n) is 9.24. The summed E-state index contributed by atoms with van der Waals surface area (Å²) in [5.41, 5.74) is 0.785. The Bertz CT molecular complexity index is 1450. The van der Waals surface area contributed by atoms with Crippen molar-refractivity contribution in [2.45, 2.75) is 282 Å². The Hall–Kier alpha value is -3.26. The molecule has 1 aromatic carbocycles. The molecule has 1 fully saturated rings. The van der Waals surface area contributed by atoms with Crippen LogP contribution in [0.5, 0.6) is 0 Å². The van der Waals surface area contributed by atoms with Crippen LogP contribution in [0, 0.1) is 0 Å². The number of rotatable bonds is 42. The van der Waals surface area contributed by atoms with Gasteiger partial charge in [0, 0.05) is 13.0 Å². The molecule has 398 valence electrons. The van der Waals surface area contributed by atoms with E-state index in [2.05, 4.69) is 29.8 Å². The van der Waals surface area contributed by atoms with Crippen LogP contribution in [0.1, 0.15) is 239 Å². The minimum Gasteiger partial charge on any atom is -0.445 e. The zero-order valence-corrected chi connectivity index (χ0v) is 43.9. The summed E-state index contributed by atoms with van der Waals surface area (Å²) in [7, 11) is 0. The minimum atomic E-state index is -1.58. The van der Waals surface area contributed by atoms with Gasteiger partial charge < -0.3 is 45.6 Å². The SMILES string of the molecule is CCCCCCCCCCCCCCCCCCN(C(=O)CCCCCCCCCCCCCCCCC)[C@@H]1O[C@H](CO)[C@@H](O)[C@H](O)[C@H]1NC(=O)[C@@H](C)NC(=O)[C@@H](C)NC(=O)OCc1ccccc1. The first kappa shape index (κ1) is 61.9. The molecule has 2 rings (SSSR count). The molecule has 1 heterocycles. The number of carbonyl (C=O) groups excluding carboxylic acids is 4. The van der Waals surface area contributed by atoms with Gasteiger partial charge in [-0.15, -0.1) is 0 Å². The molecule has 0 radical (unpaired) electrons. The molecule has 1 aliphatic rings. The molecule has 0 aromatic heterocycles. The number of aliphatic hydroxyl groups is 3. The lowest BCUT2D eigenvalue weighted by Gasteiger charge is -2.47. The van der Waals surface area contributed by atoms with Gasteiger partial charge in [-0.1, -0.05) is 230 Å². The van der Waals surface area contributed by atoms with E-state index in [0.29, 0.717) is 19.4 Å². The molecular formula is C56H100N4O9. The number of alkyl carbamates (subject to hydrolysis) is 1. The highest BCUT2D eigenvalue weighted by molar-refractivity contribution is 5.91. The molecule has 4 amide bonds. The van der Waals surface area contributed by atoms with Crippen molar-refractivity contribution in [1.82, 2.24) is 20.9 Å². The van der Waals surface area contributed by atoms with Crippen LogP contribution >= 0.6 is 0 Å². The molecule has 6 N–H and O–H groups in total. The maximum Gasteiger partial charge on any atom is 0.408 e. The smallest absolute Gasteiger partial charge is 0.408 e. The topological polar surface area (TPSA) is 187 Å². The molecule has 0 unspecified atom stereocenters. The van der Waals surface area contributed by atoms with E-state index < -0.39 is 67.2 Å². The number of unbranched alkanes of at least 4 members (excludes halogenated alkanes) is 29. The Morgan fingerprint density at radius 1 is 0.580 bits per heavy atom. The third kappa shape index (κ3) is 28.4. The molecule has 0 bridgehead atoms. The number of carbonyl (C=O) groups is 4. The van der Waals surface area contributed by atoms with Crippen LogP contribution in [-0.4, -0.2) is 99.9 Å². The van der Waals surface area contributed by atoms with Crippen molar-refractivity contribution < 1.29 is 44.0 Å². The fraction of sp³-hybridized carbons (Fsp3) is 0.821. The Morgan fingerprint density at radius 3 is 1.45 bits per heavy atom. The molecule has 0 aliphatic carbocycles. The van der Waals surface area contributed by atoms with E-state index in [1.807, 2.05) is 30.3 Å². The molecule has 1 aliphatic heterocycles. The standard InChI is InChI=1S/C56H100N4O9/c1-5-7-9-11-13-15-17-19-21-23-25-27-29-31-33-38-42-60(49(62)41-37-32-30-28-26-24-22-20-18-16-14-12-10-8-6-2)55-50(52(64)51(63)48(43-61)69-55)59-54(66)45(3)57-53(65)46(4)58-56(67)68-44-47-39-35-34-36-40-47/h34-36,39-40,45-46,48,50-52,55,61,63-64H,5-33,37-38,41-44H2,1-4H3,(H,57,65)(H,58,67)(H,59,66)/t45-,46-,48-,50-,51-,52-,55-/m1/s1. The van der Waals surface area contributed by atoms with Crippen LogP contribution in [0.15, 0.2) is 30.3 Å². The number of hydrogen-bond acceptors (Lipinski definition) is 9. The van der Waals surface area contributed by atoms with Gasteiger partial charge in [0.05, 0.1) is 6.61 Å². The maximum atomic E-state index is 14.2. The summed E-state index contributed by atoms with van der Waals surface area (Å²) >= 11 is 0. The number of nitrogens with zero attached hydrogens (tertiary/aromatic N) is 1. The van der Waals surface area contributed by atoms with E-state index in [-0.39, 0.29) is 18.9 Å². The van der Waals surface area contributed by atoms with E-state index in [1.165, 1.54) is 162 Å². The van der Waals surface area contributed by atoms with E-state index in [4.69, 9.17) is 9.47 Å².